The summed E-state index contributed by atoms with van der Waals surface area (Å²) in [5.41, 5.74) is 17.4. The molecule has 6 nitrogen and oxygen atoms in total. The topological polar surface area (TPSA) is 99.4 Å². The van der Waals surface area contributed by atoms with E-state index in [0.717, 1.165) is 41.4 Å². The molecule has 0 unspecified atom stereocenters. The van der Waals surface area contributed by atoms with Gasteiger partial charge in [-0.3, -0.25) is 0 Å². The molecule has 2 aromatic rings. The summed E-state index contributed by atoms with van der Waals surface area (Å²) in [7, 11) is 0. The van der Waals surface area contributed by atoms with Crippen LogP contribution in [0.4, 0.5) is 11.5 Å². The maximum absolute atomic E-state index is 6.42. The molecular weight excluding hydrogens is 266 g/mol. The fraction of sp³-hybridized carbons (Fsp3) is 0.400. The summed E-state index contributed by atoms with van der Waals surface area (Å²) in [5.74, 6) is 1.71. The van der Waals surface area contributed by atoms with E-state index in [4.69, 9.17) is 16.2 Å². The first-order valence-electron chi connectivity index (χ1n) is 7.21. The van der Waals surface area contributed by atoms with Crippen LogP contribution in [0.5, 0.6) is 0 Å². The molecule has 0 spiro atoms. The Balaban J connectivity index is 2.17. The van der Waals surface area contributed by atoms with Gasteiger partial charge in [-0.15, -0.1) is 0 Å². The van der Waals surface area contributed by atoms with Crippen LogP contribution in [0.15, 0.2) is 4.99 Å². The maximum Gasteiger partial charge on any atom is 0.219 e. The molecule has 1 aliphatic heterocycles. The van der Waals surface area contributed by atoms with Gasteiger partial charge in [0.25, 0.3) is 0 Å². The number of fused-ring (bicyclic) bond motifs is 3. The van der Waals surface area contributed by atoms with Crippen molar-refractivity contribution in [2.24, 2.45) is 4.99 Å². The van der Waals surface area contributed by atoms with Crippen LogP contribution in [0, 0.1) is 6.92 Å². The average Bonchev–Trinajstić information content (AvgIpc) is 3.10. The first-order chi connectivity index (χ1) is 10.2. The van der Waals surface area contributed by atoms with Crippen molar-refractivity contribution in [2.75, 3.05) is 24.6 Å². The summed E-state index contributed by atoms with van der Waals surface area (Å²) in [6.45, 7) is 3.09. The second kappa shape index (κ2) is 4.31. The molecule has 0 amide bonds. The number of rotatable bonds is 1. The van der Waals surface area contributed by atoms with Crippen molar-refractivity contribution in [2.45, 2.75) is 26.2 Å². The molecule has 0 bridgehead atoms. The van der Waals surface area contributed by atoms with Gasteiger partial charge in [-0.05, 0) is 37.3 Å². The van der Waals surface area contributed by atoms with Crippen molar-refractivity contribution >= 4 is 28.3 Å². The summed E-state index contributed by atoms with van der Waals surface area (Å²) in [6.07, 6.45) is 3.05. The van der Waals surface area contributed by atoms with Gasteiger partial charge >= 0.3 is 0 Å². The molecule has 0 atom stereocenters. The van der Waals surface area contributed by atoms with Crippen LogP contribution in [0.2, 0.25) is 0 Å². The van der Waals surface area contributed by atoms with Crippen molar-refractivity contribution < 1.29 is 4.74 Å². The number of nitrogen functional groups attached to an aromatic ring is 2. The number of nitrogens with two attached hydrogens (primary N) is 2. The molecule has 21 heavy (non-hydrogen) atoms. The zero-order valence-corrected chi connectivity index (χ0v) is 11.9. The zero-order chi connectivity index (χ0) is 14.6. The number of benzene rings is 1. The van der Waals surface area contributed by atoms with E-state index in [1.165, 1.54) is 11.1 Å². The molecule has 108 valence electrons. The third kappa shape index (κ3) is 1.68. The molecule has 2 heterocycles. The van der Waals surface area contributed by atoms with Gasteiger partial charge in [-0.1, -0.05) is 0 Å². The number of anilines is 2. The van der Waals surface area contributed by atoms with E-state index in [2.05, 4.69) is 15.0 Å². The number of aryl methyl sites for hydroxylation is 2. The van der Waals surface area contributed by atoms with Gasteiger partial charge in [0.15, 0.2) is 0 Å². The minimum atomic E-state index is 0.451. The highest BCUT2D eigenvalue weighted by Crippen LogP contribution is 2.39. The summed E-state index contributed by atoms with van der Waals surface area (Å²) in [5, 5.41) is 0.791. The van der Waals surface area contributed by atoms with E-state index in [9.17, 15) is 0 Å². The van der Waals surface area contributed by atoms with Gasteiger partial charge in [0.1, 0.15) is 18.2 Å². The minimum absolute atomic E-state index is 0.451. The molecular formula is C15H17N5O. The third-order valence-corrected chi connectivity index (χ3v) is 4.20. The van der Waals surface area contributed by atoms with Crippen LogP contribution in [0.3, 0.4) is 0 Å². The zero-order valence-electron chi connectivity index (χ0n) is 11.9. The fourth-order valence-corrected chi connectivity index (χ4v) is 3.36. The van der Waals surface area contributed by atoms with Gasteiger partial charge in [0.2, 0.25) is 5.90 Å². The lowest BCUT2D eigenvalue weighted by atomic mass is 9.97. The van der Waals surface area contributed by atoms with Crippen molar-refractivity contribution in [3.05, 3.63) is 22.5 Å². The Morgan fingerprint density at radius 1 is 1.10 bits per heavy atom. The van der Waals surface area contributed by atoms with Crippen LogP contribution in [0.25, 0.3) is 10.9 Å². The standard InChI is InChI=1S/C15H17N5O/c1-7-19-13-9-4-2-3-8(9)12(16)10(11(13)14(17)20-7)15-18-5-6-21-15/h2-6,16H2,1H3,(H2,17,19,20). The Labute approximate surface area is 122 Å². The van der Waals surface area contributed by atoms with Crippen LogP contribution in [-0.2, 0) is 17.6 Å². The molecule has 0 saturated carbocycles. The molecule has 1 aromatic heterocycles. The Morgan fingerprint density at radius 3 is 2.67 bits per heavy atom. The van der Waals surface area contributed by atoms with E-state index >= 15 is 0 Å². The second-order valence-corrected chi connectivity index (χ2v) is 5.51. The molecule has 4 rings (SSSR count). The molecule has 1 aromatic carbocycles. The summed E-state index contributed by atoms with van der Waals surface area (Å²) in [4.78, 5) is 13.3. The minimum Gasteiger partial charge on any atom is -0.475 e. The van der Waals surface area contributed by atoms with Crippen molar-refractivity contribution in [1.82, 2.24) is 9.97 Å². The predicted molar refractivity (Wildman–Crippen MR) is 82.5 cm³/mol. The molecule has 1 aliphatic carbocycles. The number of hydrogen-bond donors (Lipinski definition) is 2. The van der Waals surface area contributed by atoms with E-state index in [0.29, 0.717) is 30.7 Å². The second-order valence-electron chi connectivity index (χ2n) is 5.51. The molecule has 0 fully saturated rings. The Morgan fingerprint density at radius 2 is 1.90 bits per heavy atom. The number of hydrogen-bond acceptors (Lipinski definition) is 6. The van der Waals surface area contributed by atoms with Crippen LogP contribution >= 0.6 is 0 Å². The molecule has 0 radical (unpaired) electrons. The quantitative estimate of drug-likeness (QED) is 0.770. The van der Waals surface area contributed by atoms with E-state index in [-0.39, 0.29) is 0 Å². The van der Waals surface area contributed by atoms with Crippen LogP contribution < -0.4 is 11.5 Å². The lowest BCUT2D eigenvalue weighted by Gasteiger charge is -2.16. The van der Waals surface area contributed by atoms with E-state index < -0.39 is 0 Å². The van der Waals surface area contributed by atoms with Gasteiger partial charge in [-0.2, -0.15) is 0 Å². The molecule has 2 aliphatic rings. The monoisotopic (exact) mass is 283 g/mol. The largest absolute Gasteiger partial charge is 0.475 e. The summed E-state index contributed by atoms with van der Waals surface area (Å²) in [6, 6.07) is 0. The predicted octanol–water partition coefficient (Wildman–Crippen LogP) is 1.37. The normalized spacial score (nSPS) is 16.9. The van der Waals surface area contributed by atoms with Crippen LogP contribution in [-0.4, -0.2) is 29.0 Å². The maximum atomic E-state index is 6.42. The van der Waals surface area contributed by atoms with Crippen LogP contribution in [0.1, 0.15) is 28.9 Å². The first kappa shape index (κ1) is 12.4. The van der Waals surface area contributed by atoms with E-state index in [1.54, 1.807) is 0 Å². The SMILES string of the molecule is Cc1nc(N)c2c(C3=NCCO3)c(N)c3c(c2n1)CCC3. The molecule has 4 N–H and O–H groups in total. The number of nitrogens with zero attached hydrogens (tertiary/aromatic N) is 3. The Kier molecular flexibility index (Phi) is 2.54. The van der Waals surface area contributed by atoms with Gasteiger partial charge in [-0.25, -0.2) is 15.0 Å². The first-order valence-corrected chi connectivity index (χ1v) is 7.21. The summed E-state index contributed by atoms with van der Waals surface area (Å²) < 4.78 is 5.63. The lowest BCUT2D eigenvalue weighted by molar-refractivity contribution is 0.349. The van der Waals surface area contributed by atoms with Gasteiger partial charge in [0, 0.05) is 5.69 Å². The molecule has 6 heteroatoms. The highest BCUT2D eigenvalue weighted by Gasteiger charge is 2.28. The number of aromatic nitrogens is 2. The third-order valence-electron chi connectivity index (χ3n) is 4.20. The average molecular weight is 283 g/mol. The number of ether oxygens (including phenoxy) is 1. The number of aliphatic imine (C=N–C) groups is 1. The highest BCUT2D eigenvalue weighted by molar-refractivity contribution is 6.15. The van der Waals surface area contributed by atoms with Gasteiger partial charge < -0.3 is 16.2 Å². The smallest absolute Gasteiger partial charge is 0.219 e. The molecule has 0 saturated heterocycles. The van der Waals surface area contributed by atoms with E-state index in [1.807, 2.05) is 6.92 Å². The van der Waals surface area contributed by atoms with Crippen molar-refractivity contribution in [1.29, 1.82) is 0 Å². The van der Waals surface area contributed by atoms with Gasteiger partial charge in [0.05, 0.1) is 23.0 Å². The highest BCUT2D eigenvalue weighted by atomic mass is 16.5. The lowest BCUT2D eigenvalue weighted by Crippen LogP contribution is -2.12. The Hall–Kier alpha value is -2.37. The summed E-state index contributed by atoms with van der Waals surface area (Å²) >= 11 is 0. The fourth-order valence-electron chi connectivity index (χ4n) is 3.36. The van der Waals surface area contributed by atoms with Crippen molar-refractivity contribution in [3.8, 4) is 0 Å². The van der Waals surface area contributed by atoms with Crippen molar-refractivity contribution in [3.63, 3.8) is 0 Å². The Bertz CT molecular complexity index is 797.